The average Bonchev–Trinajstić information content (AvgIpc) is 2.45. The van der Waals surface area contributed by atoms with Gasteiger partial charge in [0.1, 0.15) is 5.75 Å². The van der Waals surface area contributed by atoms with Crippen molar-refractivity contribution in [2.45, 2.75) is 25.2 Å². The molecule has 1 aliphatic rings. The first-order valence-corrected chi connectivity index (χ1v) is 7.21. The summed E-state index contributed by atoms with van der Waals surface area (Å²) < 4.78 is 5.43. The average molecular weight is 282 g/mol. The van der Waals surface area contributed by atoms with Crippen LogP contribution in [0.2, 0.25) is 0 Å². The highest BCUT2D eigenvalue weighted by atomic mass is 16.5. The molecule has 0 spiro atoms. The van der Waals surface area contributed by atoms with Crippen molar-refractivity contribution in [2.75, 3.05) is 7.11 Å². The minimum absolute atomic E-state index is 0.286. The molecular formula is C18H18O3. The largest absolute Gasteiger partial charge is 0.496 e. The predicted molar refractivity (Wildman–Crippen MR) is 82.0 cm³/mol. The molecule has 0 radical (unpaired) electrons. The van der Waals surface area contributed by atoms with Gasteiger partial charge in [0.2, 0.25) is 0 Å². The Bertz CT molecular complexity index is 672. The summed E-state index contributed by atoms with van der Waals surface area (Å²) in [6.07, 6.45) is 3.68. The third-order valence-electron chi connectivity index (χ3n) is 4.24. The van der Waals surface area contributed by atoms with Crippen molar-refractivity contribution in [3.8, 4) is 16.9 Å². The number of hydrogen-bond donors (Lipinski definition) is 1. The van der Waals surface area contributed by atoms with E-state index in [0.29, 0.717) is 11.7 Å². The number of methoxy groups -OCH3 is 1. The lowest BCUT2D eigenvalue weighted by Gasteiger charge is -2.28. The van der Waals surface area contributed by atoms with Crippen LogP contribution in [0.25, 0.3) is 11.1 Å². The van der Waals surface area contributed by atoms with Crippen LogP contribution < -0.4 is 4.74 Å². The van der Waals surface area contributed by atoms with Crippen LogP contribution >= 0.6 is 0 Å². The quantitative estimate of drug-likeness (QED) is 0.908. The summed E-state index contributed by atoms with van der Waals surface area (Å²) in [6, 6.07) is 13.3. The lowest BCUT2D eigenvalue weighted by molar-refractivity contribution is 0.0697. The smallest absolute Gasteiger partial charge is 0.335 e. The monoisotopic (exact) mass is 282 g/mol. The first kappa shape index (κ1) is 13.7. The number of carboxylic acid groups (broad SMARTS) is 1. The van der Waals surface area contributed by atoms with E-state index in [2.05, 4.69) is 12.1 Å². The summed E-state index contributed by atoms with van der Waals surface area (Å²) >= 11 is 0. The van der Waals surface area contributed by atoms with Crippen molar-refractivity contribution in [1.82, 2.24) is 0 Å². The molecule has 2 aromatic rings. The van der Waals surface area contributed by atoms with E-state index in [1.165, 1.54) is 24.8 Å². The van der Waals surface area contributed by atoms with Gasteiger partial charge in [-0.3, -0.25) is 0 Å². The van der Waals surface area contributed by atoms with Crippen LogP contribution in [0.3, 0.4) is 0 Å². The highest BCUT2D eigenvalue weighted by molar-refractivity contribution is 5.91. The van der Waals surface area contributed by atoms with Gasteiger partial charge >= 0.3 is 5.97 Å². The molecule has 1 saturated carbocycles. The minimum atomic E-state index is -0.917. The van der Waals surface area contributed by atoms with Crippen molar-refractivity contribution in [3.05, 3.63) is 53.6 Å². The van der Waals surface area contributed by atoms with E-state index in [9.17, 15) is 9.90 Å². The van der Waals surface area contributed by atoms with E-state index in [1.54, 1.807) is 25.3 Å². The molecule has 1 N–H and O–H groups in total. The number of carbonyl (C=O) groups is 1. The summed E-state index contributed by atoms with van der Waals surface area (Å²) in [5.74, 6) is 0.381. The van der Waals surface area contributed by atoms with Crippen LogP contribution in [0.1, 0.15) is 41.1 Å². The molecule has 0 heterocycles. The first-order chi connectivity index (χ1) is 10.2. The van der Waals surface area contributed by atoms with E-state index < -0.39 is 5.97 Å². The maximum Gasteiger partial charge on any atom is 0.335 e. The van der Waals surface area contributed by atoms with Gasteiger partial charge in [-0.15, -0.1) is 0 Å². The van der Waals surface area contributed by atoms with Crippen LogP contribution in [0.5, 0.6) is 5.75 Å². The fourth-order valence-corrected chi connectivity index (χ4v) is 2.87. The number of ether oxygens (including phenoxy) is 1. The van der Waals surface area contributed by atoms with Crippen molar-refractivity contribution >= 4 is 5.97 Å². The topological polar surface area (TPSA) is 46.5 Å². The number of aromatic carboxylic acids is 1. The molecule has 0 unspecified atom stereocenters. The van der Waals surface area contributed by atoms with E-state index in [1.807, 2.05) is 12.1 Å². The third-order valence-corrected chi connectivity index (χ3v) is 4.24. The van der Waals surface area contributed by atoms with Gasteiger partial charge in [-0.25, -0.2) is 4.79 Å². The Labute approximate surface area is 124 Å². The van der Waals surface area contributed by atoms with E-state index in [0.717, 1.165) is 11.1 Å². The number of carboxylic acids is 1. The zero-order valence-electron chi connectivity index (χ0n) is 12.0. The molecule has 108 valence electrons. The third kappa shape index (κ3) is 2.51. The second kappa shape index (κ2) is 5.60. The van der Waals surface area contributed by atoms with Crippen LogP contribution in [-0.2, 0) is 0 Å². The summed E-state index contributed by atoms with van der Waals surface area (Å²) in [6.45, 7) is 0. The summed E-state index contributed by atoms with van der Waals surface area (Å²) in [5.41, 5.74) is 3.53. The second-order valence-corrected chi connectivity index (χ2v) is 5.44. The van der Waals surface area contributed by atoms with Gasteiger partial charge < -0.3 is 9.84 Å². The molecule has 0 atom stereocenters. The molecule has 0 bridgehead atoms. The molecule has 0 aromatic heterocycles. The first-order valence-electron chi connectivity index (χ1n) is 7.21. The highest BCUT2D eigenvalue weighted by Gasteiger charge is 2.23. The van der Waals surface area contributed by atoms with Gasteiger partial charge in [-0.1, -0.05) is 30.7 Å². The van der Waals surface area contributed by atoms with Gasteiger partial charge in [-0.2, -0.15) is 0 Å². The van der Waals surface area contributed by atoms with Gasteiger partial charge in [-0.05, 0) is 48.1 Å². The summed E-state index contributed by atoms with van der Waals surface area (Å²) in [5, 5.41) is 9.21. The van der Waals surface area contributed by atoms with Gasteiger partial charge in [0.25, 0.3) is 0 Å². The Hall–Kier alpha value is -2.29. The van der Waals surface area contributed by atoms with Crippen molar-refractivity contribution in [3.63, 3.8) is 0 Å². The maximum atomic E-state index is 11.2. The second-order valence-electron chi connectivity index (χ2n) is 5.44. The van der Waals surface area contributed by atoms with Crippen LogP contribution in [0.4, 0.5) is 0 Å². The van der Waals surface area contributed by atoms with Crippen molar-refractivity contribution in [1.29, 1.82) is 0 Å². The highest BCUT2D eigenvalue weighted by Crippen LogP contribution is 2.43. The molecule has 3 nitrogen and oxygen atoms in total. The van der Waals surface area contributed by atoms with E-state index >= 15 is 0 Å². The number of rotatable bonds is 4. The normalized spacial score (nSPS) is 14.5. The zero-order valence-corrected chi connectivity index (χ0v) is 12.0. The molecule has 1 fully saturated rings. The Morgan fingerprint density at radius 1 is 1.14 bits per heavy atom. The van der Waals surface area contributed by atoms with Gasteiger partial charge in [0.15, 0.2) is 0 Å². The fraction of sp³-hybridized carbons (Fsp3) is 0.278. The SMILES string of the molecule is COc1ccc(C(=O)O)cc1-c1ccccc1C1CCC1. The molecule has 3 heteroatoms. The molecule has 0 aliphatic heterocycles. The predicted octanol–water partition coefficient (Wildman–Crippen LogP) is 4.33. The Morgan fingerprint density at radius 3 is 2.52 bits per heavy atom. The van der Waals surface area contributed by atoms with Crippen LogP contribution in [0, 0.1) is 0 Å². The Kier molecular flexibility index (Phi) is 3.65. The fourth-order valence-electron chi connectivity index (χ4n) is 2.87. The van der Waals surface area contributed by atoms with Crippen LogP contribution in [-0.4, -0.2) is 18.2 Å². The molecule has 0 saturated heterocycles. The van der Waals surface area contributed by atoms with Gasteiger partial charge in [0.05, 0.1) is 12.7 Å². The Balaban J connectivity index is 2.14. The molecule has 21 heavy (non-hydrogen) atoms. The number of benzene rings is 2. The molecular weight excluding hydrogens is 264 g/mol. The molecule has 1 aliphatic carbocycles. The Morgan fingerprint density at radius 2 is 1.90 bits per heavy atom. The van der Waals surface area contributed by atoms with Gasteiger partial charge in [0, 0.05) is 5.56 Å². The minimum Gasteiger partial charge on any atom is -0.496 e. The van der Waals surface area contributed by atoms with E-state index in [-0.39, 0.29) is 5.56 Å². The lowest BCUT2D eigenvalue weighted by Crippen LogP contribution is -2.10. The summed E-state index contributed by atoms with van der Waals surface area (Å²) in [4.78, 5) is 11.2. The summed E-state index contributed by atoms with van der Waals surface area (Å²) in [7, 11) is 1.62. The molecule has 0 amide bonds. The van der Waals surface area contributed by atoms with Crippen molar-refractivity contribution in [2.24, 2.45) is 0 Å². The van der Waals surface area contributed by atoms with Crippen LogP contribution in [0.15, 0.2) is 42.5 Å². The molecule has 2 aromatic carbocycles. The lowest BCUT2D eigenvalue weighted by atomic mass is 9.77. The maximum absolute atomic E-state index is 11.2. The van der Waals surface area contributed by atoms with Crippen molar-refractivity contribution < 1.29 is 14.6 Å². The standard InChI is InChI=1S/C18H18O3/c1-21-17-10-9-13(18(19)20)11-16(17)15-8-3-2-7-14(15)12-5-4-6-12/h2-3,7-12H,4-6H2,1H3,(H,19,20). The van der Waals surface area contributed by atoms with E-state index in [4.69, 9.17) is 4.74 Å². The molecule has 3 rings (SSSR count). The number of hydrogen-bond acceptors (Lipinski definition) is 2. The zero-order chi connectivity index (χ0) is 14.8.